The van der Waals surface area contributed by atoms with E-state index in [-0.39, 0.29) is 16.8 Å². The number of methoxy groups -OCH3 is 2. The monoisotopic (exact) mass is 529 g/mol. The number of nitrogens with zero attached hydrogens (tertiary/aromatic N) is 2. The van der Waals surface area contributed by atoms with Crippen LogP contribution in [0.4, 0.5) is 21.5 Å². The van der Waals surface area contributed by atoms with Crippen LogP contribution in [0.15, 0.2) is 36.5 Å². The number of nitrogens with one attached hydrogen (secondary N) is 2. The SMILES string of the molecule is COc1cc2ncc(NC(=O)C3CC(C)(C)N([O])C(C)(C)C3)c(Nc3ccc(F)c(Cl)c3)c2cc1OC. The van der Waals surface area contributed by atoms with E-state index in [2.05, 4.69) is 15.6 Å². The number of hydroxylamine groups is 2. The van der Waals surface area contributed by atoms with Crippen LogP contribution in [0.3, 0.4) is 0 Å². The van der Waals surface area contributed by atoms with Gasteiger partial charge < -0.3 is 20.1 Å². The highest BCUT2D eigenvalue weighted by Crippen LogP contribution is 2.42. The van der Waals surface area contributed by atoms with E-state index in [4.69, 9.17) is 21.1 Å². The van der Waals surface area contributed by atoms with Crippen LogP contribution in [0, 0.1) is 11.7 Å². The smallest absolute Gasteiger partial charge is 0.227 e. The fourth-order valence-electron chi connectivity index (χ4n) is 5.15. The molecule has 1 aliphatic heterocycles. The Morgan fingerprint density at radius 1 is 1.08 bits per heavy atom. The Balaban J connectivity index is 1.77. The summed E-state index contributed by atoms with van der Waals surface area (Å²) in [6, 6.07) is 7.76. The number of aromatic nitrogens is 1. The van der Waals surface area contributed by atoms with E-state index in [0.717, 1.165) is 5.06 Å². The molecule has 1 saturated heterocycles. The molecular formula is C27H31ClFN4O4. The molecule has 1 fully saturated rings. The highest BCUT2D eigenvalue weighted by molar-refractivity contribution is 6.31. The van der Waals surface area contributed by atoms with Crippen LogP contribution in [0.2, 0.25) is 5.02 Å². The van der Waals surface area contributed by atoms with Crippen LogP contribution in [0.5, 0.6) is 11.5 Å². The quantitative estimate of drug-likeness (QED) is 0.387. The van der Waals surface area contributed by atoms with E-state index in [1.54, 1.807) is 24.4 Å². The van der Waals surface area contributed by atoms with Gasteiger partial charge in [-0.1, -0.05) is 11.6 Å². The molecule has 2 N–H and O–H groups in total. The summed E-state index contributed by atoms with van der Waals surface area (Å²) < 4.78 is 24.7. The summed E-state index contributed by atoms with van der Waals surface area (Å²) in [5.74, 6) is -0.155. The number of carbonyl (C=O) groups is 1. The highest BCUT2D eigenvalue weighted by Gasteiger charge is 2.48. The van der Waals surface area contributed by atoms with E-state index in [1.807, 2.05) is 27.7 Å². The van der Waals surface area contributed by atoms with Gasteiger partial charge in [-0.25, -0.2) is 4.39 Å². The fourth-order valence-corrected chi connectivity index (χ4v) is 5.33. The molecule has 2 heterocycles. The molecule has 0 saturated carbocycles. The van der Waals surface area contributed by atoms with Crippen molar-refractivity contribution < 1.29 is 23.9 Å². The number of hydrogen-bond acceptors (Lipinski definition) is 6. The number of benzene rings is 2. The molecule has 0 atom stereocenters. The number of fused-ring (bicyclic) bond motifs is 1. The van der Waals surface area contributed by atoms with Crippen LogP contribution in [0.1, 0.15) is 40.5 Å². The minimum atomic E-state index is -0.693. The number of pyridine rings is 1. The van der Waals surface area contributed by atoms with Crippen molar-refractivity contribution in [1.29, 1.82) is 0 Å². The zero-order valence-electron chi connectivity index (χ0n) is 21.7. The molecule has 1 amide bonds. The van der Waals surface area contributed by atoms with Crippen molar-refractivity contribution in [1.82, 2.24) is 10.0 Å². The van der Waals surface area contributed by atoms with Gasteiger partial charge in [0.15, 0.2) is 11.5 Å². The average molecular weight is 530 g/mol. The van der Waals surface area contributed by atoms with Crippen LogP contribution >= 0.6 is 11.6 Å². The number of anilines is 3. The van der Waals surface area contributed by atoms with Gasteiger partial charge in [-0.15, -0.1) is 10.3 Å². The number of rotatable bonds is 6. The van der Waals surface area contributed by atoms with E-state index in [1.165, 1.54) is 26.4 Å². The van der Waals surface area contributed by atoms with Gasteiger partial charge in [-0.05, 0) is 64.8 Å². The summed E-state index contributed by atoms with van der Waals surface area (Å²) in [7, 11) is 3.07. The predicted octanol–water partition coefficient (Wildman–Crippen LogP) is 6.34. The van der Waals surface area contributed by atoms with Crippen LogP contribution in [-0.4, -0.2) is 41.3 Å². The third kappa shape index (κ3) is 5.30. The van der Waals surface area contributed by atoms with Gasteiger partial charge in [0, 0.05) is 34.1 Å². The Labute approximate surface area is 220 Å². The number of ether oxygens (including phenoxy) is 2. The second-order valence-electron chi connectivity index (χ2n) is 10.5. The second-order valence-corrected chi connectivity index (χ2v) is 10.9. The number of hydrogen-bond donors (Lipinski definition) is 2. The zero-order valence-corrected chi connectivity index (χ0v) is 22.5. The lowest BCUT2D eigenvalue weighted by atomic mass is 9.75. The van der Waals surface area contributed by atoms with Gasteiger partial charge in [0.2, 0.25) is 5.91 Å². The van der Waals surface area contributed by atoms with Gasteiger partial charge in [0.25, 0.3) is 0 Å². The first-order chi connectivity index (χ1) is 17.4. The van der Waals surface area contributed by atoms with E-state index < -0.39 is 16.9 Å². The average Bonchev–Trinajstić information content (AvgIpc) is 2.84. The predicted molar refractivity (Wildman–Crippen MR) is 142 cm³/mol. The van der Waals surface area contributed by atoms with Gasteiger partial charge in [0.05, 0.1) is 42.3 Å². The molecule has 0 unspecified atom stereocenters. The van der Waals surface area contributed by atoms with Crippen molar-refractivity contribution in [2.75, 3.05) is 24.9 Å². The number of piperidine rings is 1. The van der Waals surface area contributed by atoms with Crippen LogP contribution in [0.25, 0.3) is 10.9 Å². The van der Waals surface area contributed by atoms with Gasteiger partial charge in [-0.3, -0.25) is 9.78 Å². The molecule has 1 radical (unpaired) electrons. The summed E-state index contributed by atoms with van der Waals surface area (Å²) in [4.78, 5) is 18.0. The molecule has 8 nitrogen and oxygen atoms in total. The molecule has 1 aromatic heterocycles. The molecule has 0 bridgehead atoms. The molecule has 1 aliphatic rings. The Morgan fingerprint density at radius 3 is 2.30 bits per heavy atom. The molecule has 37 heavy (non-hydrogen) atoms. The number of halogens is 2. The van der Waals surface area contributed by atoms with Crippen molar-refractivity contribution in [2.24, 2.45) is 5.92 Å². The van der Waals surface area contributed by atoms with Gasteiger partial charge in [-0.2, -0.15) is 0 Å². The number of amides is 1. The lowest BCUT2D eigenvalue weighted by Gasteiger charge is -2.49. The maximum Gasteiger partial charge on any atom is 0.227 e. The van der Waals surface area contributed by atoms with Crippen molar-refractivity contribution in [3.05, 3.63) is 47.4 Å². The summed E-state index contributed by atoms with van der Waals surface area (Å²) in [5.41, 5.74) is 0.675. The zero-order chi connectivity index (χ0) is 27.1. The normalized spacial score (nSPS) is 17.4. The minimum Gasteiger partial charge on any atom is -0.493 e. The van der Waals surface area contributed by atoms with Crippen molar-refractivity contribution in [3.63, 3.8) is 0 Å². The Bertz CT molecular complexity index is 1330. The topological polar surface area (TPSA) is 95.6 Å². The van der Waals surface area contributed by atoms with Crippen molar-refractivity contribution >= 4 is 45.5 Å². The Morgan fingerprint density at radius 2 is 1.70 bits per heavy atom. The third-order valence-electron chi connectivity index (χ3n) is 6.78. The second kappa shape index (κ2) is 9.96. The Kier molecular flexibility index (Phi) is 7.25. The summed E-state index contributed by atoms with van der Waals surface area (Å²) in [6.45, 7) is 7.40. The van der Waals surface area contributed by atoms with Crippen LogP contribution < -0.4 is 20.1 Å². The molecule has 10 heteroatoms. The first kappa shape index (κ1) is 26.9. The lowest BCUT2D eigenvalue weighted by molar-refractivity contribution is -0.292. The summed E-state index contributed by atoms with van der Waals surface area (Å²) in [5, 5.41) is 20.7. The number of carbonyl (C=O) groups excluding carboxylic acids is 1. The first-order valence-electron chi connectivity index (χ1n) is 11.9. The van der Waals surface area contributed by atoms with E-state index in [0.29, 0.717) is 52.3 Å². The standard InChI is InChI=1S/C27H31ClFN4O4/c1-26(2)12-15(13-27(3,4)33(26)35)25(34)32-21-14-30-20-11-23(37-6)22(36-5)10-17(20)24(21)31-16-7-8-19(29)18(28)9-16/h7-11,14-15H,12-13H2,1-6H3,(H,30,31)(H,32,34). The maximum atomic E-state index is 13.8. The maximum absolute atomic E-state index is 13.8. The largest absolute Gasteiger partial charge is 0.493 e. The van der Waals surface area contributed by atoms with Crippen molar-refractivity contribution in [2.45, 2.75) is 51.6 Å². The summed E-state index contributed by atoms with van der Waals surface area (Å²) in [6.07, 6.45) is 2.38. The fraction of sp³-hybridized carbons (Fsp3) is 0.407. The van der Waals surface area contributed by atoms with E-state index >= 15 is 0 Å². The molecule has 197 valence electrons. The first-order valence-corrected chi connectivity index (χ1v) is 12.3. The molecular weight excluding hydrogens is 499 g/mol. The summed E-state index contributed by atoms with van der Waals surface area (Å²) >= 11 is 6.01. The highest BCUT2D eigenvalue weighted by atomic mass is 35.5. The molecule has 4 rings (SSSR count). The minimum absolute atomic E-state index is 0.0398. The molecule has 0 spiro atoms. The van der Waals surface area contributed by atoms with Gasteiger partial charge in [0.1, 0.15) is 5.82 Å². The van der Waals surface area contributed by atoms with E-state index in [9.17, 15) is 14.4 Å². The van der Waals surface area contributed by atoms with Crippen molar-refractivity contribution in [3.8, 4) is 11.5 Å². The van der Waals surface area contributed by atoms with Crippen LogP contribution in [-0.2, 0) is 10.0 Å². The third-order valence-corrected chi connectivity index (χ3v) is 7.07. The molecule has 3 aromatic rings. The molecule has 2 aromatic carbocycles. The molecule has 0 aliphatic carbocycles. The lowest BCUT2D eigenvalue weighted by Crippen LogP contribution is -2.59. The Hall–Kier alpha value is -3.14. The van der Waals surface area contributed by atoms with Gasteiger partial charge >= 0.3 is 0 Å².